The molecule has 0 spiro atoms. The molecule has 0 bridgehead atoms. The van der Waals surface area contributed by atoms with E-state index in [1.165, 1.54) is 0 Å². The van der Waals surface area contributed by atoms with Crippen molar-refractivity contribution < 1.29 is 13.2 Å². The maximum atomic E-state index is 12.5. The molecule has 1 aliphatic carbocycles. The number of nitrogen functional groups attached to an aromatic ring is 1. The molecule has 3 N–H and O–H groups in total. The highest BCUT2D eigenvalue weighted by Crippen LogP contribution is 2.41. The fourth-order valence-corrected chi connectivity index (χ4v) is 5.70. The molecule has 1 aliphatic heterocycles. The molecule has 21 heavy (non-hydrogen) atoms. The van der Waals surface area contributed by atoms with E-state index in [0.717, 1.165) is 37.2 Å². The topological polar surface area (TPSA) is 94.3 Å². The largest absolute Gasteiger partial charge is 0.382 e. The SMILES string of the molecule is CC1(C)CC(Nc2snc(N)c2S(=O)(=O)C2CC2)CCO1. The summed E-state index contributed by atoms with van der Waals surface area (Å²) < 4.78 is 34.7. The molecular formula is C13H21N3O3S2. The Morgan fingerprint density at radius 3 is 2.71 bits per heavy atom. The Balaban J connectivity index is 1.83. The van der Waals surface area contributed by atoms with Gasteiger partial charge in [0.1, 0.15) is 9.90 Å². The van der Waals surface area contributed by atoms with Crippen molar-refractivity contribution in [3.63, 3.8) is 0 Å². The molecule has 0 aromatic carbocycles. The van der Waals surface area contributed by atoms with Gasteiger partial charge < -0.3 is 15.8 Å². The number of hydrogen-bond donors (Lipinski definition) is 2. The summed E-state index contributed by atoms with van der Waals surface area (Å²) in [5.41, 5.74) is 5.61. The molecule has 2 aliphatic rings. The molecule has 1 saturated carbocycles. The van der Waals surface area contributed by atoms with Crippen molar-refractivity contribution in [1.82, 2.24) is 4.37 Å². The van der Waals surface area contributed by atoms with Crippen molar-refractivity contribution in [2.45, 2.75) is 61.3 Å². The lowest BCUT2D eigenvalue weighted by atomic mass is 9.94. The summed E-state index contributed by atoms with van der Waals surface area (Å²) in [5, 5.41) is 3.64. The second-order valence-corrected chi connectivity index (χ2v) is 9.35. The number of nitrogens with one attached hydrogen (secondary N) is 1. The predicted octanol–water partition coefficient (Wildman–Crippen LogP) is 2.03. The number of nitrogens with zero attached hydrogens (tertiary/aromatic N) is 1. The zero-order valence-corrected chi connectivity index (χ0v) is 13.9. The fraction of sp³-hybridized carbons (Fsp3) is 0.769. The van der Waals surface area contributed by atoms with E-state index in [-0.39, 0.29) is 27.6 Å². The summed E-state index contributed by atoms with van der Waals surface area (Å²) in [4.78, 5) is 0.208. The molecule has 6 nitrogen and oxygen atoms in total. The van der Waals surface area contributed by atoms with E-state index in [2.05, 4.69) is 9.69 Å². The molecule has 8 heteroatoms. The minimum Gasteiger partial charge on any atom is -0.382 e. The zero-order valence-electron chi connectivity index (χ0n) is 12.3. The molecule has 0 radical (unpaired) electrons. The Morgan fingerprint density at radius 1 is 1.38 bits per heavy atom. The predicted molar refractivity (Wildman–Crippen MR) is 83.4 cm³/mol. The molecule has 1 aromatic heterocycles. The van der Waals surface area contributed by atoms with E-state index in [9.17, 15) is 8.42 Å². The van der Waals surface area contributed by atoms with Gasteiger partial charge in [-0.1, -0.05) is 0 Å². The van der Waals surface area contributed by atoms with E-state index in [4.69, 9.17) is 10.5 Å². The minimum atomic E-state index is -3.33. The third-order valence-electron chi connectivity index (χ3n) is 3.95. The van der Waals surface area contributed by atoms with E-state index in [0.29, 0.717) is 11.6 Å². The van der Waals surface area contributed by atoms with Gasteiger partial charge in [0.05, 0.1) is 10.9 Å². The summed E-state index contributed by atoms with van der Waals surface area (Å²) in [6.07, 6.45) is 3.13. The third kappa shape index (κ3) is 3.02. The average molecular weight is 331 g/mol. The molecule has 0 amide bonds. The van der Waals surface area contributed by atoms with Gasteiger partial charge in [0.15, 0.2) is 15.7 Å². The maximum Gasteiger partial charge on any atom is 0.187 e. The summed E-state index contributed by atoms with van der Waals surface area (Å²) >= 11 is 1.14. The third-order valence-corrected chi connectivity index (χ3v) is 7.21. The van der Waals surface area contributed by atoms with Gasteiger partial charge in [-0.15, -0.1) is 0 Å². The molecule has 1 aromatic rings. The van der Waals surface area contributed by atoms with Crippen molar-refractivity contribution >= 4 is 32.2 Å². The monoisotopic (exact) mass is 331 g/mol. The lowest BCUT2D eigenvalue weighted by Gasteiger charge is -2.36. The fourth-order valence-electron chi connectivity index (χ4n) is 2.75. The van der Waals surface area contributed by atoms with Gasteiger partial charge in [-0.25, -0.2) is 8.42 Å². The highest BCUT2D eigenvalue weighted by molar-refractivity contribution is 7.92. The Bertz CT molecular complexity index is 635. The van der Waals surface area contributed by atoms with Crippen LogP contribution in [0.1, 0.15) is 39.5 Å². The molecule has 1 atom stereocenters. The van der Waals surface area contributed by atoms with Crippen LogP contribution in [-0.2, 0) is 14.6 Å². The number of nitrogens with two attached hydrogens (primary N) is 1. The Hall–Kier alpha value is -0.860. The number of aromatic nitrogens is 1. The minimum absolute atomic E-state index is 0.126. The highest BCUT2D eigenvalue weighted by atomic mass is 32.2. The first-order valence-corrected chi connectivity index (χ1v) is 9.51. The van der Waals surface area contributed by atoms with Crippen molar-refractivity contribution in [3.05, 3.63) is 0 Å². The Morgan fingerprint density at radius 2 is 2.10 bits per heavy atom. The molecule has 2 fully saturated rings. The lowest BCUT2D eigenvalue weighted by Crippen LogP contribution is -2.40. The molecular weight excluding hydrogens is 310 g/mol. The maximum absolute atomic E-state index is 12.5. The van der Waals surface area contributed by atoms with Crippen LogP contribution in [0.2, 0.25) is 0 Å². The van der Waals surface area contributed by atoms with Crippen LogP contribution in [0.25, 0.3) is 0 Å². The summed E-state index contributed by atoms with van der Waals surface area (Å²) in [5.74, 6) is 0.126. The van der Waals surface area contributed by atoms with Gasteiger partial charge in [-0.2, -0.15) is 4.37 Å². The standard InChI is InChI=1S/C13H21N3O3S2/c1-13(2)7-8(5-6-19-13)15-12-10(11(14)16-20-12)21(17,18)9-3-4-9/h8-9,15H,3-7H2,1-2H3,(H2,14,16). The van der Waals surface area contributed by atoms with Gasteiger partial charge in [-0.05, 0) is 51.1 Å². The summed E-state index contributed by atoms with van der Waals surface area (Å²) in [7, 11) is -3.33. The van der Waals surface area contributed by atoms with Crippen LogP contribution in [0.15, 0.2) is 4.90 Å². The molecule has 1 saturated heterocycles. The summed E-state index contributed by atoms with van der Waals surface area (Å²) in [6, 6.07) is 0.182. The summed E-state index contributed by atoms with van der Waals surface area (Å²) in [6.45, 7) is 4.76. The second kappa shape index (κ2) is 5.10. The van der Waals surface area contributed by atoms with Gasteiger partial charge in [0.25, 0.3) is 0 Å². The zero-order chi connectivity index (χ0) is 15.3. The van der Waals surface area contributed by atoms with E-state index in [1.807, 2.05) is 13.8 Å². The van der Waals surface area contributed by atoms with Crippen LogP contribution in [0.4, 0.5) is 10.8 Å². The average Bonchev–Trinajstić information content (AvgIpc) is 3.14. The lowest BCUT2D eigenvalue weighted by molar-refractivity contribution is -0.0553. The van der Waals surface area contributed by atoms with Gasteiger partial charge in [-0.3, -0.25) is 0 Å². The number of anilines is 2. The van der Waals surface area contributed by atoms with Crippen molar-refractivity contribution in [1.29, 1.82) is 0 Å². The molecule has 118 valence electrons. The molecule has 2 heterocycles. The number of ether oxygens (including phenoxy) is 1. The van der Waals surface area contributed by atoms with Crippen LogP contribution in [0.5, 0.6) is 0 Å². The Labute approximate surface area is 129 Å². The molecule has 1 unspecified atom stereocenters. The van der Waals surface area contributed by atoms with E-state index in [1.54, 1.807) is 0 Å². The van der Waals surface area contributed by atoms with Crippen LogP contribution >= 0.6 is 11.5 Å². The Kier molecular flexibility index (Phi) is 3.66. The van der Waals surface area contributed by atoms with Gasteiger partial charge in [0, 0.05) is 12.6 Å². The van der Waals surface area contributed by atoms with Gasteiger partial charge in [0.2, 0.25) is 0 Å². The second-order valence-electron chi connectivity index (χ2n) is 6.41. The normalized spacial score (nSPS) is 25.7. The van der Waals surface area contributed by atoms with Crippen LogP contribution in [0, 0.1) is 0 Å². The van der Waals surface area contributed by atoms with Crippen LogP contribution in [-0.4, -0.2) is 36.3 Å². The highest BCUT2D eigenvalue weighted by Gasteiger charge is 2.41. The van der Waals surface area contributed by atoms with E-state index < -0.39 is 9.84 Å². The number of rotatable bonds is 4. The first-order chi connectivity index (χ1) is 9.79. The van der Waals surface area contributed by atoms with Gasteiger partial charge >= 0.3 is 0 Å². The number of hydrogen-bond acceptors (Lipinski definition) is 7. The quantitative estimate of drug-likeness (QED) is 0.876. The van der Waals surface area contributed by atoms with E-state index >= 15 is 0 Å². The van der Waals surface area contributed by atoms with Crippen LogP contribution in [0.3, 0.4) is 0 Å². The number of sulfone groups is 1. The van der Waals surface area contributed by atoms with Crippen LogP contribution < -0.4 is 11.1 Å². The van der Waals surface area contributed by atoms with Crippen molar-refractivity contribution in [2.24, 2.45) is 0 Å². The van der Waals surface area contributed by atoms with Crippen molar-refractivity contribution in [3.8, 4) is 0 Å². The van der Waals surface area contributed by atoms with Crippen molar-refractivity contribution in [2.75, 3.05) is 17.7 Å². The first kappa shape index (κ1) is 15.1. The smallest absolute Gasteiger partial charge is 0.187 e. The first-order valence-electron chi connectivity index (χ1n) is 7.19. The molecule has 3 rings (SSSR count).